The number of hydrogen-bond donors (Lipinski definition) is 2. The summed E-state index contributed by atoms with van der Waals surface area (Å²) in [4.78, 5) is 25.2. The highest BCUT2D eigenvalue weighted by molar-refractivity contribution is 9.10. The largest absolute Gasteiger partial charge is 0.480 e. The number of urea groups is 1. The van der Waals surface area contributed by atoms with Crippen molar-refractivity contribution in [2.45, 2.75) is 19.0 Å². The number of carboxylic acid groups (broad SMARTS) is 1. The molecule has 0 aliphatic rings. The summed E-state index contributed by atoms with van der Waals surface area (Å²) >= 11 is 4.87. The Balaban J connectivity index is 2.56. The molecule has 0 saturated carbocycles. The summed E-state index contributed by atoms with van der Waals surface area (Å²) in [6.45, 7) is 3.91. The Labute approximate surface area is 124 Å². The summed E-state index contributed by atoms with van der Waals surface area (Å²) in [5.74, 6) is -1.07. The average molecular weight is 347 g/mol. The summed E-state index contributed by atoms with van der Waals surface area (Å²) in [5.41, 5.74) is 0. The van der Waals surface area contributed by atoms with Crippen LogP contribution in [0.4, 0.5) is 4.79 Å². The summed E-state index contributed by atoms with van der Waals surface area (Å²) in [7, 11) is 1.62. The third-order valence-corrected chi connectivity index (χ3v) is 4.04. The molecule has 1 aromatic rings. The smallest absolute Gasteiger partial charge is 0.326 e. The number of aliphatic carboxylic acids is 1. The van der Waals surface area contributed by atoms with Gasteiger partial charge < -0.3 is 15.3 Å². The van der Waals surface area contributed by atoms with Crippen molar-refractivity contribution in [2.24, 2.45) is 0 Å². The zero-order valence-electron chi connectivity index (χ0n) is 10.4. The molecule has 0 radical (unpaired) electrons. The Hall–Kier alpha value is -1.34. The van der Waals surface area contributed by atoms with Crippen LogP contribution in [0.1, 0.15) is 11.3 Å². The van der Waals surface area contributed by atoms with Crippen LogP contribution in [0.5, 0.6) is 0 Å². The molecule has 0 fully saturated rings. The van der Waals surface area contributed by atoms with Gasteiger partial charge in [-0.2, -0.15) is 0 Å². The first-order valence-corrected chi connectivity index (χ1v) is 7.19. The molecule has 1 atom stereocenters. The topological polar surface area (TPSA) is 69.6 Å². The Morgan fingerprint density at radius 1 is 1.68 bits per heavy atom. The number of carboxylic acids is 1. The van der Waals surface area contributed by atoms with Gasteiger partial charge in [0.1, 0.15) is 6.04 Å². The van der Waals surface area contributed by atoms with Crippen LogP contribution in [0.15, 0.2) is 28.6 Å². The molecule has 1 aromatic heterocycles. The van der Waals surface area contributed by atoms with Crippen LogP contribution >= 0.6 is 27.3 Å². The van der Waals surface area contributed by atoms with E-state index in [0.29, 0.717) is 6.54 Å². The number of thiophene rings is 1. The van der Waals surface area contributed by atoms with E-state index < -0.39 is 18.0 Å². The second-order valence-electron chi connectivity index (χ2n) is 3.95. The van der Waals surface area contributed by atoms with Crippen molar-refractivity contribution in [3.8, 4) is 0 Å². The lowest BCUT2D eigenvalue weighted by Gasteiger charge is -2.20. The van der Waals surface area contributed by atoms with Gasteiger partial charge in [0.05, 0.1) is 6.54 Å². The fraction of sp³-hybridized carbons (Fsp3) is 0.333. The van der Waals surface area contributed by atoms with E-state index in [4.69, 9.17) is 5.11 Å². The highest BCUT2D eigenvalue weighted by atomic mass is 79.9. The molecule has 2 amide bonds. The predicted octanol–water partition coefficient (Wildman–Crippen LogP) is 2.68. The number of carbonyl (C=O) groups excluding carboxylic acids is 1. The lowest BCUT2D eigenvalue weighted by atomic mass is 10.2. The van der Waals surface area contributed by atoms with E-state index in [1.165, 1.54) is 22.3 Å². The molecular formula is C12H15BrN2O3S. The zero-order chi connectivity index (χ0) is 14.4. The Kier molecular flexibility index (Phi) is 6.04. The van der Waals surface area contributed by atoms with Gasteiger partial charge in [-0.15, -0.1) is 17.9 Å². The minimum atomic E-state index is -1.07. The van der Waals surface area contributed by atoms with Crippen LogP contribution in [0.25, 0.3) is 0 Å². The highest BCUT2D eigenvalue weighted by Crippen LogP contribution is 2.20. The molecule has 2 N–H and O–H groups in total. The quantitative estimate of drug-likeness (QED) is 0.778. The Morgan fingerprint density at radius 2 is 2.37 bits per heavy atom. The van der Waals surface area contributed by atoms with E-state index >= 15 is 0 Å². The van der Waals surface area contributed by atoms with Crippen molar-refractivity contribution in [3.63, 3.8) is 0 Å². The molecule has 1 rings (SSSR count). The van der Waals surface area contributed by atoms with Gasteiger partial charge in [-0.25, -0.2) is 9.59 Å². The Morgan fingerprint density at radius 3 is 2.84 bits per heavy atom. The van der Waals surface area contributed by atoms with Crippen LogP contribution in [-0.4, -0.2) is 35.1 Å². The Bertz CT molecular complexity index is 475. The zero-order valence-corrected chi connectivity index (χ0v) is 12.8. The summed E-state index contributed by atoms with van der Waals surface area (Å²) in [6.07, 6.45) is 1.66. The fourth-order valence-corrected chi connectivity index (χ4v) is 2.89. The number of halogens is 1. The maximum atomic E-state index is 11.9. The van der Waals surface area contributed by atoms with Crippen molar-refractivity contribution in [3.05, 3.63) is 33.5 Å². The van der Waals surface area contributed by atoms with Crippen molar-refractivity contribution < 1.29 is 14.7 Å². The van der Waals surface area contributed by atoms with E-state index in [-0.39, 0.29) is 6.42 Å². The molecule has 1 unspecified atom stereocenters. The third kappa shape index (κ3) is 5.04. The molecule has 5 nitrogen and oxygen atoms in total. The van der Waals surface area contributed by atoms with Gasteiger partial charge >= 0.3 is 12.0 Å². The first kappa shape index (κ1) is 15.7. The molecule has 19 heavy (non-hydrogen) atoms. The average Bonchev–Trinajstić information content (AvgIpc) is 2.73. The highest BCUT2D eigenvalue weighted by Gasteiger charge is 2.20. The van der Waals surface area contributed by atoms with Gasteiger partial charge in [0, 0.05) is 21.8 Å². The van der Waals surface area contributed by atoms with Crippen molar-refractivity contribution in [1.29, 1.82) is 0 Å². The number of hydrogen-bond acceptors (Lipinski definition) is 3. The lowest BCUT2D eigenvalue weighted by Crippen LogP contribution is -2.46. The van der Waals surface area contributed by atoms with Crippen LogP contribution in [0, 0.1) is 0 Å². The maximum Gasteiger partial charge on any atom is 0.326 e. The summed E-state index contributed by atoms with van der Waals surface area (Å²) in [6, 6.07) is 0.564. The third-order valence-electron chi connectivity index (χ3n) is 2.36. The van der Waals surface area contributed by atoms with Gasteiger partial charge in [0.15, 0.2) is 0 Å². The molecule has 0 aliphatic carbocycles. The van der Waals surface area contributed by atoms with Gasteiger partial charge in [-0.3, -0.25) is 0 Å². The molecule has 7 heteroatoms. The second kappa shape index (κ2) is 7.30. The fourth-order valence-electron chi connectivity index (χ4n) is 1.39. The molecule has 0 saturated heterocycles. The minimum absolute atomic E-state index is 0.194. The van der Waals surface area contributed by atoms with E-state index in [0.717, 1.165) is 9.35 Å². The molecule has 104 valence electrons. The van der Waals surface area contributed by atoms with Crippen LogP contribution < -0.4 is 5.32 Å². The summed E-state index contributed by atoms with van der Waals surface area (Å²) in [5, 5.41) is 13.3. The number of rotatable bonds is 6. The molecule has 0 spiro atoms. The number of nitrogens with one attached hydrogen (secondary N) is 1. The molecule has 0 bridgehead atoms. The van der Waals surface area contributed by atoms with Crippen molar-refractivity contribution >= 4 is 39.3 Å². The predicted molar refractivity (Wildman–Crippen MR) is 78.3 cm³/mol. The van der Waals surface area contributed by atoms with E-state index in [2.05, 4.69) is 27.8 Å². The van der Waals surface area contributed by atoms with Crippen molar-refractivity contribution in [1.82, 2.24) is 10.2 Å². The van der Waals surface area contributed by atoms with Crippen LogP contribution in [0.2, 0.25) is 0 Å². The van der Waals surface area contributed by atoms with Crippen molar-refractivity contribution in [2.75, 3.05) is 7.05 Å². The maximum absolute atomic E-state index is 11.9. The van der Waals surface area contributed by atoms with Gasteiger partial charge in [0.25, 0.3) is 0 Å². The van der Waals surface area contributed by atoms with Gasteiger partial charge in [-0.05, 0) is 28.4 Å². The standard InChI is InChI=1S/C12H15BrN2O3S/c1-3-4-10(11(16)17)14-12(18)15(2)6-9-5-8(13)7-19-9/h3,5,7,10H,1,4,6H2,2H3,(H,14,18)(H,16,17). The number of amides is 2. The number of nitrogens with zero attached hydrogens (tertiary/aromatic N) is 1. The SMILES string of the molecule is C=CCC(NC(=O)N(C)Cc1cc(Br)cs1)C(=O)O. The first-order chi connectivity index (χ1) is 8.93. The first-order valence-electron chi connectivity index (χ1n) is 5.52. The number of carbonyl (C=O) groups is 2. The molecule has 0 aromatic carbocycles. The van der Waals surface area contributed by atoms with Gasteiger partial charge in [0.2, 0.25) is 0 Å². The second-order valence-corrected chi connectivity index (χ2v) is 5.86. The molecule has 0 aliphatic heterocycles. The van der Waals surface area contributed by atoms with E-state index in [1.807, 2.05) is 11.4 Å². The van der Waals surface area contributed by atoms with Crippen LogP contribution in [-0.2, 0) is 11.3 Å². The van der Waals surface area contributed by atoms with E-state index in [1.54, 1.807) is 7.05 Å². The minimum Gasteiger partial charge on any atom is -0.480 e. The molecule has 1 heterocycles. The van der Waals surface area contributed by atoms with E-state index in [9.17, 15) is 9.59 Å². The lowest BCUT2D eigenvalue weighted by molar-refractivity contribution is -0.139. The van der Waals surface area contributed by atoms with Gasteiger partial charge in [-0.1, -0.05) is 6.08 Å². The normalized spacial score (nSPS) is 11.7. The summed E-state index contributed by atoms with van der Waals surface area (Å²) < 4.78 is 0.969. The molecular weight excluding hydrogens is 332 g/mol. The monoisotopic (exact) mass is 346 g/mol. The van der Waals surface area contributed by atoms with Crippen LogP contribution in [0.3, 0.4) is 0 Å².